The van der Waals surface area contributed by atoms with E-state index in [0.717, 1.165) is 67.2 Å². The number of nitrogens with zero attached hydrogens (tertiary/aromatic N) is 5. The van der Waals surface area contributed by atoms with Crippen molar-refractivity contribution in [3.8, 4) is 11.3 Å². The van der Waals surface area contributed by atoms with Crippen LogP contribution in [0, 0.1) is 0 Å². The molecule has 5 heterocycles. The molecule has 2 fully saturated rings. The summed E-state index contributed by atoms with van der Waals surface area (Å²) in [6.45, 7) is 9.96. The molecule has 41 heavy (non-hydrogen) atoms. The van der Waals surface area contributed by atoms with E-state index in [0.29, 0.717) is 31.7 Å². The van der Waals surface area contributed by atoms with E-state index in [4.69, 9.17) is 4.74 Å². The van der Waals surface area contributed by atoms with Crippen molar-refractivity contribution < 1.29 is 13.2 Å². The maximum atomic E-state index is 12.1. The van der Waals surface area contributed by atoms with Gasteiger partial charge in [0.1, 0.15) is 6.33 Å². The number of rotatable bonds is 9. The molecule has 10 nitrogen and oxygen atoms in total. The van der Waals surface area contributed by atoms with Crippen molar-refractivity contribution in [1.29, 1.82) is 0 Å². The molecule has 0 unspecified atom stereocenters. The van der Waals surface area contributed by atoms with Crippen LogP contribution in [0.25, 0.3) is 27.8 Å². The molecular weight excluding hydrogens is 538 g/mol. The standard InChI is InChI=1S/C30H41N7O3S/c1-21(2)28-25-16-23(22-6-8-35(9-7-22)10-13-40-20-31-3)4-5-26(25)34-29(28)24-17-27(30-32-19-33-37(30)18-24)36-11-14-41(38,39)15-12-36/h4-5,16-19,21-22,31,34H,6-15,20H2,1-3H3. The van der Waals surface area contributed by atoms with Crippen molar-refractivity contribution >= 4 is 32.1 Å². The minimum atomic E-state index is -2.99. The van der Waals surface area contributed by atoms with Gasteiger partial charge in [0.05, 0.1) is 36.2 Å². The number of pyridine rings is 1. The first-order valence-electron chi connectivity index (χ1n) is 14.7. The van der Waals surface area contributed by atoms with Crippen LogP contribution in [-0.4, -0.2) is 97.5 Å². The Morgan fingerprint density at radius 2 is 1.90 bits per heavy atom. The number of H-pyrrole nitrogens is 1. The number of benzene rings is 1. The Morgan fingerprint density at radius 3 is 2.63 bits per heavy atom. The molecule has 6 rings (SSSR count). The smallest absolute Gasteiger partial charge is 0.178 e. The highest BCUT2D eigenvalue weighted by Gasteiger charge is 2.26. The number of aromatic amines is 1. The first-order chi connectivity index (χ1) is 19.8. The van der Waals surface area contributed by atoms with Crippen molar-refractivity contribution in [3.63, 3.8) is 0 Å². The molecule has 3 aromatic heterocycles. The van der Waals surface area contributed by atoms with Gasteiger partial charge in [0.15, 0.2) is 15.5 Å². The Balaban J connectivity index is 1.30. The van der Waals surface area contributed by atoms with E-state index in [1.165, 1.54) is 16.5 Å². The average Bonchev–Trinajstić information content (AvgIpc) is 3.60. The van der Waals surface area contributed by atoms with Gasteiger partial charge in [-0.05, 0) is 74.1 Å². The van der Waals surface area contributed by atoms with E-state index >= 15 is 0 Å². The third-order valence-electron chi connectivity index (χ3n) is 8.63. The topological polar surface area (TPSA) is 108 Å². The summed E-state index contributed by atoms with van der Waals surface area (Å²) >= 11 is 0. The van der Waals surface area contributed by atoms with E-state index in [9.17, 15) is 8.42 Å². The van der Waals surface area contributed by atoms with E-state index in [-0.39, 0.29) is 11.5 Å². The fraction of sp³-hybridized carbons (Fsp3) is 0.533. The molecule has 2 saturated heterocycles. The average molecular weight is 580 g/mol. The second-order valence-electron chi connectivity index (χ2n) is 11.7. The van der Waals surface area contributed by atoms with E-state index < -0.39 is 9.84 Å². The Morgan fingerprint density at radius 1 is 1.12 bits per heavy atom. The molecule has 0 radical (unpaired) electrons. The number of hydrogen-bond acceptors (Lipinski definition) is 8. The second kappa shape index (κ2) is 11.7. The summed E-state index contributed by atoms with van der Waals surface area (Å²) in [5, 5.41) is 8.76. The van der Waals surface area contributed by atoms with Gasteiger partial charge in [0, 0.05) is 42.3 Å². The van der Waals surface area contributed by atoms with Gasteiger partial charge in [-0.15, -0.1) is 0 Å². The van der Waals surface area contributed by atoms with E-state index in [2.05, 4.69) is 68.3 Å². The van der Waals surface area contributed by atoms with Crippen molar-refractivity contribution in [2.75, 3.05) is 69.5 Å². The molecule has 0 amide bonds. The van der Waals surface area contributed by atoms with E-state index in [1.807, 2.05) is 17.8 Å². The summed E-state index contributed by atoms with van der Waals surface area (Å²) < 4.78 is 31.6. The van der Waals surface area contributed by atoms with Gasteiger partial charge in [0.25, 0.3) is 0 Å². The predicted molar refractivity (Wildman–Crippen MR) is 164 cm³/mol. The zero-order valence-electron chi connectivity index (χ0n) is 24.3. The number of likely N-dealkylation sites (tertiary alicyclic amines) is 1. The van der Waals surface area contributed by atoms with Crippen LogP contribution < -0.4 is 10.2 Å². The first-order valence-corrected chi connectivity index (χ1v) is 16.5. The van der Waals surface area contributed by atoms with Crippen LogP contribution in [0.5, 0.6) is 0 Å². The van der Waals surface area contributed by atoms with Crippen molar-refractivity contribution in [3.05, 3.63) is 47.9 Å². The maximum Gasteiger partial charge on any atom is 0.178 e. The number of sulfone groups is 1. The van der Waals surface area contributed by atoms with Gasteiger partial charge in [-0.25, -0.2) is 17.9 Å². The fourth-order valence-corrected chi connectivity index (χ4v) is 7.60. The monoisotopic (exact) mass is 579 g/mol. The summed E-state index contributed by atoms with van der Waals surface area (Å²) in [4.78, 5) is 12.9. The van der Waals surface area contributed by atoms with Crippen LogP contribution in [0.15, 0.2) is 36.8 Å². The van der Waals surface area contributed by atoms with Crippen molar-refractivity contribution in [1.82, 2.24) is 29.8 Å². The van der Waals surface area contributed by atoms with Gasteiger partial charge in [-0.1, -0.05) is 19.9 Å². The number of hydrogen-bond donors (Lipinski definition) is 2. The molecule has 11 heteroatoms. The number of fused-ring (bicyclic) bond motifs is 2. The molecule has 220 valence electrons. The van der Waals surface area contributed by atoms with Crippen LogP contribution >= 0.6 is 0 Å². The van der Waals surface area contributed by atoms with Gasteiger partial charge in [0.2, 0.25) is 0 Å². The summed E-state index contributed by atoms with van der Waals surface area (Å²) in [6.07, 6.45) is 5.90. The number of ether oxygens (including phenoxy) is 1. The van der Waals surface area contributed by atoms with Crippen LogP contribution in [0.2, 0.25) is 0 Å². The van der Waals surface area contributed by atoms with Gasteiger partial charge in [-0.3, -0.25) is 5.32 Å². The lowest BCUT2D eigenvalue weighted by Crippen LogP contribution is -2.40. The van der Waals surface area contributed by atoms with Crippen molar-refractivity contribution in [2.45, 2.75) is 38.5 Å². The molecule has 0 atom stereocenters. The zero-order valence-corrected chi connectivity index (χ0v) is 25.1. The number of aromatic nitrogens is 4. The van der Waals surface area contributed by atoms with E-state index in [1.54, 1.807) is 6.33 Å². The molecule has 0 bridgehead atoms. The zero-order chi connectivity index (χ0) is 28.6. The third kappa shape index (κ3) is 5.86. The van der Waals surface area contributed by atoms with Gasteiger partial charge < -0.3 is 19.5 Å². The highest BCUT2D eigenvalue weighted by Crippen LogP contribution is 2.39. The number of anilines is 1. The molecule has 1 aromatic carbocycles. The maximum absolute atomic E-state index is 12.1. The second-order valence-corrected chi connectivity index (χ2v) is 14.0. The molecule has 4 aromatic rings. The lowest BCUT2D eigenvalue weighted by molar-refractivity contribution is 0.0858. The summed E-state index contributed by atoms with van der Waals surface area (Å²) in [6, 6.07) is 9.09. The molecule has 2 aliphatic rings. The molecule has 0 saturated carbocycles. The Bertz CT molecular complexity index is 1610. The molecular formula is C30H41N7O3S. The summed E-state index contributed by atoms with van der Waals surface area (Å²) in [5.41, 5.74) is 7.64. The predicted octanol–water partition coefficient (Wildman–Crippen LogP) is 3.61. The Kier molecular flexibility index (Phi) is 8.04. The van der Waals surface area contributed by atoms with Crippen LogP contribution in [0.3, 0.4) is 0 Å². The lowest BCUT2D eigenvalue weighted by Gasteiger charge is -2.32. The number of piperidine rings is 1. The highest BCUT2D eigenvalue weighted by molar-refractivity contribution is 7.91. The lowest BCUT2D eigenvalue weighted by atomic mass is 9.87. The molecule has 0 spiro atoms. The largest absolute Gasteiger partial charge is 0.366 e. The van der Waals surface area contributed by atoms with Crippen LogP contribution in [-0.2, 0) is 14.6 Å². The summed E-state index contributed by atoms with van der Waals surface area (Å²) in [7, 11) is -1.08. The molecule has 0 aliphatic carbocycles. The Hall–Kier alpha value is -2.99. The number of nitrogens with one attached hydrogen (secondary N) is 2. The van der Waals surface area contributed by atoms with Crippen molar-refractivity contribution in [2.24, 2.45) is 0 Å². The SMILES string of the molecule is CNCOCCN1CCC(c2ccc3[nH]c(-c4cc(N5CCS(=O)(=O)CC5)c5ncnn5c4)c(C(C)C)c3c2)CC1. The fourth-order valence-electron chi connectivity index (χ4n) is 6.40. The first kappa shape index (κ1) is 28.1. The van der Waals surface area contributed by atoms with Crippen LogP contribution in [0.4, 0.5) is 5.69 Å². The molecule has 2 N–H and O–H groups in total. The minimum absolute atomic E-state index is 0.160. The van der Waals surface area contributed by atoms with Crippen LogP contribution in [0.1, 0.15) is 49.7 Å². The third-order valence-corrected chi connectivity index (χ3v) is 10.2. The summed E-state index contributed by atoms with van der Waals surface area (Å²) in [5.74, 6) is 1.18. The molecule has 2 aliphatic heterocycles. The van der Waals surface area contributed by atoms with Gasteiger partial charge in [-0.2, -0.15) is 5.10 Å². The normalized spacial score (nSPS) is 18.7. The highest BCUT2D eigenvalue weighted by atomic mass is 32.2. The Labute approximate surface area is 242 Å². The quantitative estimate of drug-likeness (QED) is 0.229. The minimum Gasteiger partial charge on any atom is -0.366 e. The van der Waals surface area contributed by atoms with Gasteiger partial charge >= 0.3 is 0 Å².